The van der Waals surface area contributed by atoms with E-state index in [1.54, 1.807) is 6.92 Å². The van der Waals surface area contributed by atoms with E-state index >= 15 is 0 Å². The standard InChI is InChI=1S/C52H57N7O3S/c1-34(60)29-43(38-11-6-4-7-12-38)50(61)59-47(33-63-52(59)41-24-26-53-27-25-41)44-30-42(31-54-44)37-18-16-35(17-19-37)36-20-22-39(23-21-36)45-32-55-49(56-45)46-15-10-28-58(46)51(62)48(57(2)3)40-13-8-5-9-14-40/h4-9,11-14,16-23,31-32,41,43,46-48,52-53H,10,15,24-30,33H2,1-3H3,(H,55,56)/t43?,46-,47-,48+,52?/m0/s1. The SMILES string of the molecule is CC(=O)CC(C(=O)N1C(C2CCNCC2)SC[C@H]1C1=NC=C(c2ccc(-c3ccc(-c4cnc([C@@H]5CCCN5C(=O)[C@@H](c5ccccc5)N(C)C)[nH]4)cc3)cc2)C1)c1ccccc1. The first-order valence-corrected chi connectivity index (χ1v) is 23.5. The van der Waals surface area contributed by atoms with E-state index in [9.17, 15) is 14.4 Å². The van der Waals surface area contributed by atoms with Crippen molar-refractivity contribution >= 4 is 40.6 Å². The number of carbonyl (C=O) groups is 3. The van der Waals surface area contributed by atoms with Crippen LogP contribution in [0.3, 0.4) is 0 Å². The Hall–Kier alpha value is -5.62. The summed E-state index contributed by atoms with van der Waals surface area (Å²) in [5.74, 6) is 1.68. The van der Waals surface area contributed by atoms with Gasteiger partial charge in [0, 0.05) is 37.1 Å². The highest BCUT2D eigenvalue weighted by Gasteiger charge is 2.46. The summed E-state index contributed by atoms with van der Waals surface area (Å²) < 4.78 is 0. The Labute approximate surface area is 375 Å². The van der Waals surface area contributed by atoms with Gasteiger partial charge in [-0.15, -0.1) is 11.8 Å². The molecule has 4 aliphatic rings. The molecule has 9 rings (SSSR count). The third-order valence-corrected chi connectivity index (χ3v) is 14.8. The first kappa shape index (κ1) is 42.7. The van der Waals surface area contributed by atoms with Crippen LogP contribution in [0.15, 0.2) is 127 Å². The summed E-state index contributed by atoms with van der Waals surface area (Å²) in [7, 11) is 3.92. The zero-order chi connectivity index (χ0) is 43.5. The van der Waals surface area contributed by atoms with Crippen molar-refractivity contribution in [2.24, 2.45) is 10.9 Å². The number of amides is 2. The molecule has 2 amide bonds. The summed E-state index contributed by atoms with van der Waals surface area (Å²) in [6.07, 6.45) is 8.63. The maximum Gasteiger partial charge on any atom is 0.245 e. The van der Waals surface area contributed by atoms with Gasteiger partial charge in [-0.2, -0.15) is 0 Å². The zero-order valence-corrected chi connectivity index (χ0v) is 37.3. The van der Waals surface area contributed by atoms with Gasteiger partial charge < -0.3 is 20.1 Å². The Morgan fingerprint density at radius 3 is 2.06 bits per heavy atom. The molecule has 2 N–H and O–H groups in total. The molecule has 11 heteroatoms. The number of aromatic amines is 1. The van der Waals surface area contributed by atoms with Crippen LogP contribution < -0.4 is 5.32 Å². The molecular formula is C52H57N7O3S. The second-order valence-electron chi connectivity index (χ2n) is 17.7. The lowest BCUT2D eigenvalue weighted by atomic mass is 9.89. The maximum absolute atomic E-state index is 14.8. The molecule has 324 valence electrons. The number of aromatic nitrogens is 2. The number of aliphatic imine (C=N–C) groups is 1. The normalized spacial score (nSPS) is 21.4. The molecule has 3 saturated heterocycles. The second-order valence-corrected chi connectivity index (χ2v) is 18.8. The lowest BCUT2D eigenvalue weighted by Gasteiger charge is -2.38. The van der Waals surface area contributed by atoms with Crippen molar-refractivity contribution in [2.75, 3.05) is 39.5 Å². The number of nitrogens with zero attached hydrogens (tertiary/aromatic N) is 5. The summed E-state index contributed by atoms with van der Waals surface area (Å²) in [6.45, 7) is 4.22. The number of rotatable bonds is 13. The molecule has 5 aromatic rings. The average molecular weight is 860 g/mol. The Morgan fingerprint density at radius 2 is 1.41 bits per heavy atom. The number of likely N-dealkylation sites (N-methyl/N-ethyl adjacent to an activating group) is 1. The number of likely N-dealkylation sites (tertiary alicyclic amines) is 1. The molecule has 4 aromatic carbocycles. The van der Waals surface area contributed by atoms with Gasteiger partial charge in [0.05, 0.1) is 35.3 Å². The van der Waals surface area contributed by atoms with E-state index in [1.165, 1.54) is 0 Å². The van der Waals surface area contributed by atoms with Gasteiger partial charge in [0.15, 0.2) is 0 Å². The third kappa shape index (κ3) is 9.10. The number of allylic oxidation sites excluding steroid dienone is 1. The fraction of sp³-hybridized carbons (Fsp3) is 0.365. The molecule has 5 heterocycles. The van der Waals surface area contributed by atoms with Gasteiger partial charge in [-0.3, -0.25) is 24.3 Å². The number of piperidine rings is 1. The van der Waals surface area contributed by atoms with Crippen LogP contribution in [0, 0.1) is 5.92 Å². The molecule has 3 fully saturated rings. The smallest absolute Gasteiger partial charge is 0.245 e. The summed E-state index contributed by atoms with van der Waals surface area (Å²) in [6, 6.07) is 36.5. The number of H-pyrrole nitrogens is 1. The predicted molar refractivity (Wildman–Crippen MR) is 253 cm³/mol. The topological polar surface area (TPSA) is 114 Å². The van der Waals surface area contributed by atoms with E-state index in [2.05, 4.69) is 63.7 Å². The molecule has 0 bridgehead atoms. The highest BCUT2D eigenvalue weighted by molar-refractivity contribution is 8.00. The summed E-state index contributed by atoms with van der Waals surface area (Å²) in [5.41, 5.74) is 9.39. The first-order chi connectivity index (χ1) is 30.7. The van der Waals surface area contributed by atoms with E-state index in [0.717, 1.165) is 101 Å². The summed E-state index contributed by atoms with van der Waals surface area (Å²) in [5, 5.41) is 3.55. The van der Waals surface area contributed by atoms with Gasteiger partial charge >= 0.3 is 0 Å². The predicted octanol–water partition coefficient (Wildman–Crippen LogP) is 8.93. The molecule has 0 spiro atoms. The minimum Gasteiger partial charge on any atom is -0.340 e. The fourth-order valence-corrected chi connectivity index (χ4v) is 11.7. The first-order valence-electron chi connectivity index (χ1n) is 22.5. The number of hydrogen-bond donors (Lipinski definition) is 2. The van der Waals surface area contributed by atoms with E-state index in [0.29, 0.717) is 18.9 Å². The molecule has 0 saturated carbocycles. The maximum atomic E-state index is 14.8. The molecule has 5 atom stereocenters. The molecule has 4 aliphatic heterocycles. The monoisotopic (exact) mass is 859 g/mol. The number of imidazole rings is 1. The lowest BCUT2D eigenvalue weighted by molar-refractivity contribution is -0.137. The minimum absolute atomic E-state index is 0.0203. The van der Waals surface area contributed by atoms with E-state index in [1.807, 2.05) is 109 Å². The number of hydrogen-bond acceptors (Lipinski definition) is 8. The number of benzene rings is 4. The summed E-state index contributed by atoms with van der Waals surface area (Å²) in [4.78, 5) is 60.8. The Balaban J connectivity index is 0.863. The van der Waals surface area contributed by atoms with Gasteiger partial charge in [-0.25, -0.2) is 4.98 Å². The van der Waals surface area contributed by atoms with Gasteiger partial charge in [-0.05, 0) is 105 Å². The second kappa shape index (κ2) is 19.0. The highest BCUT2D eigenvalue weighted by Crippen LogP contribution is 2.43. The number of Topliss-reactive ketones (excluding diaryl/α,β-unsaturated/α-hetero) is 1. The summed E-state index contributed by atoms with van der Waals surface area (Å²) >= 11 is 1.88. The van der Waals surface area contributed by atoms with Crippen LogP contribution in [0.2, 0.25) is 0 Å². The third-order valence-electron chi connectivity index (χ3n) is 13.3. The molecule has 10 nitrogen and oxygen atoms in total. The van der Waals surface area contributed by atoms with E-state index in [-0.39, 0.29) is 47.5 Å². The Kier molecular flexibility index (Phi) is 12.9. The molecule has 63 heavy (non-hydrogen) atoms. The van der Waals surface area contributed by atoms with Crippen LogP contribution in [0.25, 0.3) is 28.0 Å². The quantitative estimate of drug-likeness (QED) is 0.122. The van der Waals surface area contributed by atoms with E-state index < -0.39 is 5.92 Å². The Bertz CT molecular complexity index is 2460. The van der Waals surface area contributed by atoms with Crippen molar-refractivity contribution in [2.45, 2.75) is 74.9 Å². The fourth-order valence-electron chi connectivity index (χ4n) is 10.0. The van der Waals surface area contributed by atoms with Crippen molar-refractivity contribution in [1.82, 2.24) is 30.0 Å². The highest BCUT2D eigenvalue weighted by atomic mass is 32.2. The van der Waals surface area contributed by atoms with Crippen molar-refractivity contribution < 1.29 is 14.4 Å². The largest absolute Gasteiger partial charge is 0.340 e. The number of nitrogens with one attached hydrogen (secondary N) is 2. The number of carbonyl (C=O) groups excluding carboxylic acids is 3. The van der Waals surface area contributed by atoms with Crippen LogP contribution >= 0.6 is 11.8 Å². The minimum atomic E-state index is -0.510. The molecular weight excluding hydrogens is 803 g/mol. The van der Waals surface area contributed by atoms with Crippen molar-refractivity contribution in [3.05, 3.63) is 144 Å². The van der Waals surface area contributed by atoms with Crippen molar-refractivity contribution in [3.63, 3.8) is 0 Å². The molecule has 0 aliphatic carbocycles. The van der Waals surface area contributed by atoms with Crippen LogP contribution in [0.5, 0.6) is 0 Å². The van der Waals surface area contributed by atoms with Gasteiger partial charge in [0.25, 0.3) is 0 Å². The lowest BCUT2D eigenvalue weighted by Crippen LogP contribution is -2.51. The van der Waals surface area contributed by atoms with Crippen LogP contribution in [0.4, 0.5) is 0 Å². The van der Waals surface area contributed by atoms with Crippen molar-refractivity contribution in [3.8, 4) is 22.4 Å². The number of ketones is 1. The van der Waals surface area contributed by atoms with Crippen LogP contribution in [-0.2, 0) is 14.4 Å². The zero-order valence-electron chi connectivity index (χ0n) is 36.5. The van der Waals surface area contributed by atoms with Crippen LogP contribution in [-0.4, -0.2) is 98.9 Å². The van der Waals surface area contributed by atoms with E-state index in [4.69, 9.17) is 9.98 Å². The Morgan fingerprint density at radius 1 is 0.778 bits per heavy atom. The van der Waals surface area contributed by atoms with Crippen LogP contribution in [0.1, 0.15) is 86.0 Å². The van der Waals surface area contributed by atoms with Crippen molar-refractivity contribution in [1.29, 1.82) is 0 Å². The van der Waals surface area contributed by atoms with Gasteiger partial charge in [0.2, 0.25) is 11.8 Å². The number of thioether (sulfide) groups is 1. The molecule has 0 radical (unpaired) electrons. The van der Waals surface area contributed by atoms with Gasteiger partial charge in [-0.1, -0.05) is 109 Å². The van der Waals surface area contributed by atoms with Gasteiger partial charge in [0.1, 0.15) is 17.6 Å². The average Bonchev–Trinajstić information content (AvgIpc) is 4.16. The molecule has 1 aromatic heterocycles. The molecule has 2 unspecified atom stereocenters.